The molecule has 164 valence electrons. The lowest BCUT2D eigenvalue weighted by Crippen LogP contribution is -2.12. The fraction of sp³-hybridized carbons (Fsp3) is 0.393. The summed E-state index contributed by atoms with van der Waals surface area (Å²) in [7, 11) is 0. The molecular weight excluding hydrogens is 380 g/mol. The van der Waals surface area contributed by atoms with Gasteiger partial charge < -0.3 is 10.1 Å². The molecule has 2 aromatic carbocycles. The van der Waals surface area contributed by atoms with Gasteiger partial charge in [-0.2, -0.15) is 0 Å². The van der Waals surface area contributed by atoms with Crippen molar-refractivity contribution in [2.24, 2.45) is 10.9 Å². The fourth-order valence-corrected chi connectivity index (χ4v) is 4.18. The molecule has 1 aliphatic heterocycles. The molecule has 0 amide bonds. The van der Waals surface area contributed by atoms with Gasteiger partial charge in [0.2, 0.25) is 0 Å². The third-order valence-electron chi connectivity index (χ3n) is 6.12. The van der Waals surface area contributed by atoms with Crippen LogP contribution in [0.1, 0.15) is 61.3 Å². The molecule has 1 saturated heterocycles. The van der Waals surface area contributed by atoms with Crippen LogP contribution < -0.4 is 5.32 Å². The summed E-state index contributed by atoms with van der Waals surface area (Å²) in [6.07, 6.45) is 7.36. The molecule has 0 bridgehead atoms. The maximum Gasteiger partial charge on any atom is 0.0549 e. The average molecular weight is 417 g/mol. The van der Waals surface area contributed by atoms with Crippen LogP contribution in [0.3, 0.4) is 0 Å². The van der Waals surface area contributed by atoms with Crippen LogP contribution in [0.15, 0.2) is 71.5 Å². The van der Waals surface area contributed by atoms with E-state index in [1.165, 1.54) is 22.3 Å². The van der Waals surface area contributed by atoms with E-state index in [0.717, 1.165) is 49.6 Å². The van der Waals surface area contributed by atoms with Crippen molar-refractivity contribution in [2.45, 2.75) is 52.9 Å². The van der Waals surface area contributed by atoms with E-state index in [9.17, 15) is 0 Å². The molecular formula is C28H36N2O. The van der Waals surface area contributed by atoms with E-state index in [2.05, 4.69) is 81.2 Å². The van der Waals surface area contributed by atoms with Crippen LogP contribution in [-0.4, -0.2) is 19.4 Å². The molecule has 3 heteroatoms. The third-order valence-corrected chi connectivity index (χ3v) is 6.12. The highest BCUT2D eigenvalue weighted by molar-refractivity contribution is 5.59. The Labute approximate surface area is 188 Å². The lowest BCUT2D eigenvalue weighted by atomic mass is 9.84. The molecule has 3 rings (SSSR count). The van der Waals surface area contributed by atoms with Crippen molar-refractivity contribution in [2.75, 3.05) is 18.5 Å². The van der Waals surface area contributed by atoms with Gasteiger partial charge in [0.15, 0.2) is 0 Å². The first kappa shape index (κ1) is 23.0. The topological polar surface area (TPSA) is 33.6 Å². The molecule has 0 aromatic heterocycles. The van der Waals surface area contributed by atoms with Gasteiger partial charge >= 0.3 is 0 Å². The second-order valence-electron chi connectivity index (χ2n) is 8.36. The third kappa shape index (κ3) is 5.74. The molecule has 2 atom stereocenters. The molecule has 3 nitrogen and oxygen atoms in total. The summed E-state index contributed by atoms with van der Waals surface area (Å²) >= 11 is 0. The minimum Gasteiger partial charge on any atom is -0.381 e. The first-order valence-corrected chi connectivity index (χ1v) is 11.4. The van der Waals surface area contributed by atoms with Gasteiger partial charge in [-0.05, 0) is 68.0 Å². The van der Waals surface area contributed by atoms with Crippen LogP contribution in [-0.2, 0) is 4.74 Å². The molecule has 31 heavy (non-hydrogen) atoms. The van der Waals surface area contributed by atoms with Gasteiger partial charge in [0.05, 0.1) is 12.5 Å². The van der Waals surface area contributed by atoms with Crippen LogP contribution >= 0.6 is 0 Å². The van der Waals surface area contributed by atoms with Crippen molar-refractivity contribution >= 4 is 11.9 Å². The number of nitrogens with one attached hydrogen (secondary N) is 1. The maximum atomic E-state index is 5.53. The second-order valence-corrected chi connectivity index (χ2v) is 8.36. The number of hydrogen-bond acceptors (Lipinski definition) is 3. The van der Waals surface area contributed by atoms with E-state index in [-0.39, 0.29) is 5.92 Å². The molecule has 0 radical (unpaired) electrons. The summed E-state index contributed by atoms with van der Waals surface area (Å²) in [5, 5.41) is 3.54. The van der Waals surface area contributed by atoms with Gasteiger partial charge in [-0.1, -0.05) is 56.3 Å². The average Bonchev–Trinajstić information content (AvgIpc) is 3.31. The molecule has 1 heterocycles. The summed E-state index contributed by atoms with van der Waals surface area (Å²) in [6.45, 7) is 14.4. The number of rotatable bonds is 9. The van der Waals surface area contributed by atoms with Crippen molar-refractivity contribution in [3.63, 3.8) is 0 Å². The zero-order valence-corrected chi connectivity index (χ0v) is 19.4. The lowest BCUT2D eigenvalue weighted by molar-refractivity contribution is 0.190. The van der Waals surface area contributed by atoms with E-state index in [1.54, 1.807) is 0 Å². The highest BCUT2D eigenvalue weighted by atomic mass is 16.5. The molecule has 1 N–H and O–H groups in total. The number of aliphatic imine (C=N–C) groups is 1. The molecule has 1 fully saturated rings. The second kappa shape index (κ2) is 11.1. The van der Waals surface area contributed by atoms with Crippen LogP contribution in [0.5, 0.6) is 0 Å². The van der Waals surface area contributed by atoms with E-state index in [1.807, 2.05) is 13.1 Å². The summed E-state index contributed by atoms with van der Waals surface area (Å²) in [5.41, 5.74) is 8.40. The van der Waals surface area contributed by atoms with Crippen molar-refractivity contribution < 1.29 is 4.74 Å². The van der Waals surface area contributed by atoms with E-state index in [0.29, 0.717) is 5.92 Å². The minimum absolute atomic E-state index is 0.0903. The van der Waals surface area contributed by atoms with Gasteiger partial charge in [-0.3, -0.25) is 4.99 Å². The number of anilines is 1. The van der Waals surface area contributed by atoms with Crippen LogP contribution in [0.4, 0.5) is 5.69 Å². The van der Waals surface area contributed by atoms with Crippen molar-refractivity contribution in [1.82, 2.24) is 0 Å². The number of aryl methyl sites for hydroxylation is 1. The Morgan fingerprint density at radius 1 is 1.26 bits per heavy atom. The van der Waals surface area contributed by atoms with Crippen LogP contribution in [0.2, 0.25) is 0 Å². The Balaban J connectivity index is 2.02. The van der Waals surface area contributed by atoms with Crippen molar-refractivity contribution in [3.8, 4) is 0 Å². The smallest absolute Gasteiger partial charge is 0.0549 e. The van der Waals surface area contributed by atoms with Gasteiger partial charge in [0.1, 0.15) is 0 Å². The molecule has 0 aliphatic carbocycles. The van der Waals surface area contributed by atoms with Gasteiger partial charge in [0, 0.05) is 35.8 Å². The zero-order chi connectivity index (χ0) is 22.2. The minimum atomic E-state index is 0.0903. The highest BCUT2D eigenvalue weighted by Crippen LogP contribution is 2.37. The molecule has 0 saturated carbocycles. The van der Waals surface area contributed by atoms with Crippen molar-refractivity contribution in [3.05, 3.63) is 88.8 Å². The molecule has 2 unspecified atom stereocenters. The largest absolute Gasteiger partial charge is 0.381 e. The number of ether oxygens (including phenoxy) is 1. The number of allylic oxidation sites excluding steroid dienone is 2. The van der Waals surface area contributed by atoms with Gasteiger partial charge in [-0.25, -0.2) is 0 Å². The monoisotopic (exact) mass is 416 g/mol. The predicted octanol–water partition coefficient (Wildman–Crippen LogP) is 7.17. The van der Waals surface area contributed by atoms with Crippen molar-refractivity contribution in [1.29, 1.82) is 0 Å². The fourth-order valence-electron chi connectivity index (χ4n) is 4.18. The van der Waals surface area contributed by atoms with Crippen LogP contribution in [0.25, 0.3) is 0 Å². The van der Waals surface area contributed by atoms with E-state index in [4.69, 9.17) is 9.73 Å². The Bertz CT molecular complexity index is 951. The maximum absolute atomic E-state index is 5.53. The first-order valence-electron chi connectivity index (χ1n) is 11.4. The predicted molar refractivity (Wildman–Crippen MR) is 133 cm³/mol. The molecule has 2 aromatic rings. The van der Waals surface area contributed by atoms with Gasteiger partial charge in [-0.15, -0.1) is 0 Å². The Hall–Kier alpha value is -2.65. The normalized spacial score (nSPS) is 17.8. The van der Waals surface area contributed by atoms with Crippen LogP contribution in [0, 0.1) is 19.8 Å². The number of hydrogen-bond donors (Lipinski definition) is 1. The summed E-state index contributed by atoms with van der Waals surface area (Å²) in [5.74, 6) is 0.468. The summed E-state index contributed by atoms with van der Waals surface area (Å²) in [4.78, 5) is 4.82. The summed E-state index contributed by atoms with van der Waals surface area (Å²) < 4.78 is 5.53. The quantitative estimate of drug-likeness (QED) is 0.440. The number of nitrogens with zero attached hydrogens (tertiary/aromatic N) is 1. The van der Waals surface area contributed by atoms with E-state index < -0.39 is 0 Å². The lowest BCUT2D eigenvalue weighted by Gasteiger charge is -2.23. The standard InChI is InChI=1S/C28H36N2O/c1-6-8-15-27(29-7-2)28(26-14-9-11-20(3)21(26)4)23-12-10-13-25(18-23)30-22(5)24-16-17-31-19-24/h7,9-15,18,24,28,30H,5-6,8,16-17,19H2,1-4H3/b27-15-,29-7?. The van der Waals surface area contributed by atoms with E-state index >= 15 is 0 Å². The molecule has 0 spiro atoms. The Morgan fingerprint density at radius 3 is 2.77 bits per heavy atom. The van der Waals surface area contributed by atoms with Gasteiger partial charge in [0.25, 0.3) is 0 Å². The highest BCUT2D eigenvalue weighted by Gasteiger charge is 2.22. The first-order chi connectivity index (χ1) is 15.0. The number of unbranched alkanes of at least 4 members (excludes halogenated alkanes) is 1. The summed E-state index contributed by atoms with van der Waals surface area (Å²) in [6, 6.07) is 15.3. The Morgan fingerprint density at radius 2 is 2.06 bits per heavy atom. The Kier molecular flexibility index (Phi) is 8.25. The number of benzene rings is 2. The molecule has 1 aliphatic rings. The zero-order valence-electron chi connectivity index (χ0n) is 19.4. The SMILES string of the molecule is C=C(Nc1cccc(C(/C(=C/CCC)N=CC)c2cccc(C)c2C)c1)C1CCOC1.